The highest BCUT2D eigenvalue weighted by Crippen LogP contribution is 2.46. The standard InChI is InChI=1S/C22H24BF2IN5OP/c1-23-17-8-22(24,25)19(31-23)7-18(17)29-20-5-4-16-15-3-2-12(14(9-27)10-28-33-26)6-13(15)11-32-21(16)30-20/h2-6,9-10,17-19,31,33H,7-8,11,27H2,1H3,(H,29,30)/b14-9+,28-10+. The van der Waals surface area contributed by atoms with E-state index >= 15 is 0 Å². The summed E-state index contributed by atoms with van der Waals surface area (Å²) < 4.78 is 38.6. The third kappa shape index (κ3) is 4.37. The van der Waals surface area contributed by atoms with Gasteiger partial charge in [-0.2, -0.15) is 4.98 Å². The fraction of sp³-hybridized carbons (Fsp3) is 0.364. The third-order valence-electron chi connectivity index (χ3n) is 6.85. The molecule has 2 aromatic rings. The number of halogens is 3. The first-order chi connectivity index (χ1) is 15.9. The van der Waals surface area contributed by atoms with E-state index < -0.39 is 12.0 Å². The van der Waals surface area contributed by atoms with Gasteiger partial charge in [0.2, 0.25) is 12.7 Å². The van der Waals surface area contributed by atoms with Gasteiger partial charge < -0.3 is 21.0 Å². The van der Waals surface area contributed by atoms with Gasteiger partial charge in [-0.3, -0.25) is 4.76 Å². The van der Waals surface area contributed by atoms with Crippen LogP contribution in [-0.4, -0.2) is 36.1 Å². The van der Waals surface area contributed by atoms with Gasteiger partial charge in [0.15, 0.2) is 0 Å². The molecule has 1 aromatic carbocycles. The summed E-state index contributed by atoms with van der Waals surface area (Å²) in [5.74, 6) is -1.58. The number of nitrogens with two attached hydrogens (primary N) is 1. The maximum absolute atomic E-state index is 14.2. The average molecular weight is 581 g/mol. The molecule has 0 spiro atoms. The molecule has 3 aliphatic heterocycles. The first-order valence-corrected chi connectivity index (χ1v) is 14.9. The maximum atomic E-state index is 14.2. The van der Waals surface area contributed by atoms with Gasteiger partial charge in [-0.25, -0.2) is 8.78 Å². The summed E-state index contributed by atoms with van der Waals surface area (Å²) >= 11 is 2.21. The molecular formula is C22H24BF2IN5OP. The minimum absolute atomic E-state index is 0.0406. The molecule has 172 valence electrons. The molecule has 4 unspecified atom stereocenters. The number of hydrogen-bond donors (Lipinski definition) is 3. The molecule has 2 bridgehead atoms. The van der Waals surface area contributed by atoms with Gasteiger partial charge >= 0.3 is 0 Å². The Labute approximate surface area is 206 Å². The molecule has 11 heteroatoms. The number of benzene rings is 1. The zero-order valence-electron chi connectivity index (χ0n) is 18.0. The summed E-state index contributed by atoms with van der Waals surface area (Å²) in [4.78, 5) is 4.67. The van der Waals surface area contributed by atoms with Gasteiger partial charge in [0.05, 0.1) is 12.4 Å². The molecule has 1 aliphatic carbocycles. The van der Waals surface area contributed by atoms with E-state index in [-0.39, 0.29) is 25.1 Å². The van der Waals surface area contributed by atoms with Crippen LogP contribution in [0.25, 0.3) is 16.7 Å². The van der Waals surface area contributed by atoms with Crippen LogP contribution in [0.5, 0.6) is 5.88 Å². The predicted octanol–water partition coefficient (Wildman–Crippen LogP) is 5.13. The molecule has 0 amide bonds. The van der Waals surface area contributed by atoms with Crippen LogP contribution in [0.2, 0.25) is 12.6 Å². The number of fused-ring (bicyclic) bond motifs is 6. The fourth-order valence-electron chi connectivity index (χ4n) is 5.16. The number of aromatic nitrogens is 1. The second-order valence-corrected chi connectivity index (χ2v) is 10.7. The molecule has 6 rings (SSSR count). The first-order valence-electron chi connectivity index (χ1n) is 10.9. The molecular weight excluding hydrogens is 557 g/mol. The van der Waals surface area contributed by atoms with E-state index in [0.29, 0.717) is 31.1 Å². The Bertz CT molecular complexity index is 1130. The summed E-state index contributed by atoms with van der Waals surface area (Å²) in [5.41, 5.74) is 10.7. The lowest BCUT2D eigenvalue weighted by Crippen LogP contribution is -2.66. The number of pyridine rings is 1. The molecule has 3 fully saturated rings. The Hall–Kier alpha value is -1.78. The highest BCUT2D eigenvalue weighted by molar-refractivity contribution is 14.2. The molecule has 4 N–H and O–H groups in total. The minimum Gasteiger partial charge on any atom is -0.472 e. The highest BCUT2D eigenvalue weighted by Gasteiger charge is 2.56. The first kappa shape index (κ1) is 23.0. The van der Waals surface area contributed by atoms with Crippen molar-refractivity contribution in [2.24, 2.45) is 10.5 Å². The topological polar surface area (TPSA) is 84.6 Å². The number of nitrogens with one attached hydrogen (secondary N) is 2. The van der Waals surface area contributed by atoms with E-state index in [2.05, 4.69) is 54.5 Å². The summed E-state index contributed by atoms with van der Waals surface area (Å²) in [7, 11) is 0. The lowest BCUT2D eigenvalue weighted by Gasteiger charge is -2.50. The maximum Gasteiger partial charge on any atom is 0.262 e. The molecule has 0 radical (unpaired) electrons. The number of hydrogen-bond acceptors (Lipinski definition) is 6. The van der Waals surface area contributed by atoms with Crippen molar-refractivity contribution in [2.45, 2.75) is 50.1 Å². The Kier molecular flexibility index (Phi) is 6.35. The molecule has 1 aromatic heterocycles. The Morgan fingerprint density at radius 1 is 1.39 bits per heavy atom. The summed E-state index contributed by atoms with van der Waals surface area (Å²) in [6.07, 6.45) is 4.07. The number of allylic oxidation sites excluding steroid dienone is 1. The number of alkyl halides is 2. The van der Waals surface area contributed by atoms with Crippen molar-refractivity contribution in [3.63, 3.8) is 0 Å². The molecule has 4 heterocycles. The molecule has 6 nitrogen and oxygen atoms in total. The van der Waals surface area contributed by atoms with Crippen molar-refractivity contribution >= 4 is 52.9 Å². The van der Waals surface area contributed by atoms with Crippen molar-refractivity contribution < 1.29 is 13.5 Å². The number of ether oxygens (including phenoxy) is 1. The van der Waals surface area contributed by atoms with E-state index in [1.807, 2.05) is 25.0 Å². The van der Waals surface area contributed by atoms with E-state index in [1.165, 1.54) is 0 Å². The van der Waals surface area contributed by atoms with Gasteiger partial charge in [0, 0.05) is 36.0 Å². The number of rotatable bonds is 5. The van der Waals surface area contributed by atoms with Crippen LogP contribution in [0.15, 0.2) is 41.3 Å². The van der Waals surface area contributed by atoms with Gasteiger partial charge in [0.1, 0.15) is 12.4 Å². The summed E-state index contributed by atoms with van der Waals surface area (Å²) in [5, 5.41) is 6.46. The van der Waals surface area contributed by atoms with E-state index in [1.54, 1.807) is 12.4 Å². The second-order valence-electron chi connectivity index (χ2n) is 8.80. The lowest BCUT2D eigenvalue weighted by molar-refractivity contribution is -0.0689. The molecule has 4 aliphatic rings. The monoisotopic (exact) mass is 581 g/mol. The average Bonchev–Trinajstić information content (AvgIpc) is 2.80. The van der Waals surface area contributed by atoms with Crippen LogP contribution < -0.4 is 21.0 Å². The van der Waals surface area contributed by atoms with Crippen molar-refractivity contribution in [1.29, 1.82) is 0 Å². The third-order valence-corrected chi connectivity index (χ3v) is 7.91. The fourth-order valence-corrected chi connectivity index (χ4v) is 5.76. The normalized spacial score (nSPS) is 25.9. The summed E-state index contributed by atoms with van der Waals surface area (Å²) in [6, 6.07) is 9.20. The predicted molar refractivity (Wildman–Crippen MR) is 141 cm³/mol. The lowest BCUT2D eigenvalue weighted by atomic mass is 9.43. The van der Waals surface area contributed by atoms with Crippen molar-refractivity contribution in [3.8, 4) is 17.0 Å². The van der Waals surface area contributed by atoms with E-state index in [0.717, 1.165) is 27.8 Å². The second kappa shape index (κ2) is 9.11. The zero-order valence-corrected chi connectivity index (χ0v) is 21.1. The van der Waals surface area contributed by atoms with Crippen LogP contribution in [0.4, 0.5) is 14.6 Å². The van der Waals surface area contributed by atoms with Crippen LogP contribution in [0.1, 0.15) is 24.0 Å². The van der Waals surface area contributed by atoms with Crippen LogP contribution >= 0.6 is 28.4 Å². The van der Waals surface area contributed by atoms with Crippen LogP contribution in [-0.2, 0) is 6.61 Å². The van der Waals surface area contributed by atoms with Gasteiger partial charge in [0.25, 0.3) is 5.92 Å². The number of nitrogens with zero attached hydrogens (tertiary/aromatic N) is 2. The quantitative estimate of drug-likeness (QED) is 0.198. The smallest absolute Gasteiger partial charge is 0.262 e. The number of anilines is 1. The molecule has 4 atom stereocenters. The van der Waals surface area contributed by atoms with Crippen molar-refractivity contribution in [1.82, 2.24) is 10.2 Å². The van der Waals surface area contributed by atoms with Crippen LogP contribution in [0, 0.1) is 0 Å². The largest absolute Gasteiger partial charge is 0.472 e. The Balaban J connectivity index is 1.37. The Morgan fingerprint density at radius 2 is 2.21 bits per heavy atom. The van der Waals surface area contributed by atoms with Crippen molar-refractivity contribution in [3.05, 3.63) is 47.7 Å². The minimum atomic E-state index is -2.65. The molecule has 2 saturated heterocycles. The van der Waals surface area contributed by atoms with Crippen LogP contribution in [0.3, 0.4) is 0 Å². The highest BCUT2D eigenvalue weighted by atomic mass is 127. The zero-order chi connectivity index (χ0) is 23.2. The Morgan fingerprint density at radius 3 is 2.97 bits per heavy atom. The molecule has 33 heavy (non-hydrogen) atoms. The SMILES string of the molecule is CB1NC2CC(Nc3ccc4c(n3)OCc3cc(C(=C/N)/C=N/PI)ccc3-4)C1CC2(F)F. The van der Waals surface area contributed by atoms with E-state index in [4.69, 9.17) is 10.5 Å². The van der Waals surface area contributed by atoms with Gasteiger partial charge in [-0.15, -0.1) is 0 Å². The molecule has 1 saturated carbocycles. The van der Waals surface area contributed by atoms with Gasteiger partial charge in [-0.1, -0.05) is 19.0 Å². The van der Waals surface area contributed by atoms with E-state index in [9.17, 15) is 8.78 Å². The van der Waals surface area contributed by atoms with Crippen molar-refractivity contribution in [2.75, 3.05) is 5.32 Å². The van der Waals surface area contributed by atoms with Gasteiger partial charge in [-0.05, 0) is 69.2 Å². The summed E-state index contributed by atoms with van der Waals surface area (Å²) in [6.45, 7) is 2.43.